The number of nitriles is 1. The summed E-state index contributed by atoms with van der Waals surface area (Å²) in [5.74, 6) is -1.68. The van der Waals surface area contributed by atoms with E-state index in [4.69, 9.17) is 5.26 Å². The monoisotopic (exact) mass is 254 g/mol. The van der Waals surface area contributed by atoms with Gasteiger partial charge in [-0.1, -0.05) is 6.07 Å². The van der Waals surface area contributed by atoms with E-state index in [1.807, 2.05) is 0 Å². The lowest BCUT2D eigenvalue weighted by Gasteiger charge is -2.23. The van der Waals surface area contributed by atoms with Crippen molar-refractivity contribution in [1.29, 1.82) is 5.26 Å². The number of amides is 1. The van der Waals surface area contributed by atoms with Crippen molar-refractivity contribution in [2.75, 3.05) is 5.32 Å². The summed E-state index contributed by atoms with van der Waals surface area (Å²) in [5.41, 5.74) is -0.341. The van der Waals surface area contributed by atoms with E-state index in [9.17, 15) is 17.6 Å². The van der Waals surface area contributed by atoms with Gasteiger partial charge in [-0.15, -0.1) is 0 Å². The van der Waals surface area contributed by atoms with Gasteiger partial charge in [0.15, 0.2) is 15.1 Å². The average molecular weight is 254 g/mol. The fourth-order valence-corrected chi connectivity index (χ4v) is 3.29. The molecule has 1 aromatic rings. The predicted molar refractivity (Wildman–Crippen MR) is 56.2 cm³/mol. The van der Waals surface area contributed by atoms with Crippen LogP contribution in [0.3, 0.4) is 0 Å². The Morgan fingerprint density at radius 3 is 2.82 bits per heavy atom. The van der Waals surface area contributed by atoms with Crippen LogP contribution in [0.5, 0.6) is 0 Å². The molecule has 1 aromatic carbocycles. The molecule has 0 radical (unpaired) electrons. The third kappa shape index (κ3) is 1.66. The van der Waals surface area contributed by atoms with Gasteiger partial charge in [-0.05, 0) is 12.1 Å². The van der Waals surface area contributed by atoms with Gasteiger partial charge in [-0.2, -0.15) is 5.26 Å². The van der Waals surface area contributed by atoms with E-state index >= 15 is 0 Å². The van der Waals surface area contributed by atoms with Crippen LogP contribution in [0.15, 0.2) is 23.1 Å². The summed E-state index contributed by atoms with van der Waals surface area (Å²) in [6, 6.07) is 5.14. The van der Waals surface area contributed by atoms with E-state index in [-0.39, 0.29) is 10.6 Å². The van der Waals surface area contributed by atoms with Gasteiger partial charge in [-0.3, -0.25) is 4.79 Å². The second kappa shape index (κ2) is 3.82. The first-order valence-electron chi connectivity index (χ1n) is 4.68. The minimum Gasteiger partial charge on any atom is -0.321 e. The molecule has 1 aliphatic rings. The number of rotatable bonds is 1. The van der Waals surface area contributed by atoms with Gasteiger partial charge >= 0.3 is 0 Å². The summed E-state index contributed by atoms with van der Waals surface area (Å²) in [7, 11) is -3.99. The lowest BCUT2D eigenvalue weighted by atomic mass is 10.2. The molecule has 1 heterocycles. The van der Waals surface area contributed by atoms with Gasteiger partial charge in [0.25, 0.3) is 0 Å². The van der Waals surface area contributed by atoms with Crippen LogP contribution in [-0.4, -0.2) is 19.6 Å². The van der Waals surface area contributed by atoms with Gasteiger partial charge in [0.1, 0.15) is 5.82 Å². The van der Waals surface area contributed by atoms with Gasteiger partial charge < -0.3 is 5.32 Å². The molecule has 5 nitrogen and oxygen atoms in total. The largest absolute Gasteiger partial charge is 0.321 e. The number of hydrogen-bond acceptors (Lipinski definition) is 4. The number of anilines is 1. The van der Waals surface area contributed by atoms with E-state index in [2.05, 4.69) is 5.32 Å². The minimum absolute atomic E-state index is 0.280. The van der Waals surface area contributed by atoms with E-state index in [0.29, 0.717) is 0 Å². The lowest BCUT2D eigenvalue weighted by molar-refractivity contribution is -0.115. The zero-order chi connectivity index (χ0) is 12.6. The number of benzene rings is 1. The Labute approximate surface area is 96.8 Å². The topological polar surface area (TPSA) is 87.0 Å². The normalized spacial score (nSPS) is 21.2. The van der Waals surface area contributed by atoms with Crippen molar-refractivity contribution in [3.63, 3.8) is 0 Å². The standard InChI is InChI=1S/C10H7FN2O3S/c11-6-2-1-3-7-9(6)13-10(14)8(4-5-12)17(7,15)16/h1-3,8H,4H2,(H,13,14). The molecule has 2 rings (SSSR count). The Morgan fingerprint density at radius 2 is 2.18 bits per heavy atom. The Bertz CT molecular complexity index is 633. The second-order valence-corrected chi connectivity index (χ2v) is 5.60. The molecule has 88 valence electrons. The van der Waals surface area contributed by atoms with Crippen molar-refractivity contribution >= 4 is 21.4 Å². The van der Waals surface area contributed by atoms with Crippen molar-refractivity contribution in [3.05, 3.63) is 24.0 Å². The van der Waals surface area contributed by atoms with Crippen LogP contribution in [0.2, 0.25) is 0 Å². The number of halogens is 1. The summed E-state index contributed by atoms with van der Waals surface area (Å²) in [6.07, 6.45) is -0.454. The number of carbonyl (C=O) groups is 1. The fourth-order valence-electron chi connectivity index (χ4n) is 1.65. The van der Waals surface area contributed by atoms with E-state index in [0.717, 1.165) is 6.07 Å². The average Bonchev–Trinajstić information content (AvgIpc) is 2.26. The number of carbonyl (C=O) groups excluding carboxylic acids is 1. The second-order valence-electron chi connectivity index (χ2n) is 3.50. The highest BCUT2D eigenvalue weighted by molar-refractivity contribution is 7.93. The number of sulfone groups is 1. The molecule has 0 spiro atoms. The van der Waals surface area contributed by atoms with Crippen LogP contribution < -0.4 is 5.32 Å². The maximum atomic E-state index is 13.4. The van der Waals surface area contributed by atoms with Gasteiger partial charge in [0, 0.05) is 0 Å². The van der Waals surface area contributed by atoms with Crippen molar-refractivity contribution < 1.29 is 17.6 Å². The van der Waals surface area contributed by atoms with E-state index in [1.165, 1.54) is 12.1 Å². The van der Waals surface area contributed by atoms with Crippen molar-refractivity contribution in [3.8, 4) is 6.07 Å². The first-order chi connectivity index (χ1) is 7.98. The smallest absolute Gasteiger partial charge is 0.244 e. The highest BCUT2D eigenvalue weighted by atomic mass is 32.2. The van der Waals surface area contributed by atoms with Crippen LogP contribution in [-0.2, 0) is 14.6 Å². The maximum absolute atomic E-state index is 13.4. The zero-order valence-electron chi connectivity index (χ0n) is 8.47. The molecule has 1 unspecified atom stereocenters. The van der Waals surface area contributed by atoms with Crippen LogP contribution in [0.4, 0.5) is 10.1 Å². The van der Waals surface area contributed by atoms with Crippen molar-refractivity contribution in [1.82, 2.24) is 0 Å². The number of para-hydroxylation sites is 1. The fraction of sp³-hybridized carbons (Fsp3) is 0.200. The number of fused-ring (bicyclic) bond motifs is 1. The lowest BCUT2D eigenvalue weighted by Crippen LogP contribution is -2.40. The highest BCUT2D eigenvalue weighted by Gasteiger charge is 2.40. The molecule has 0 bridgehead atoms. The molecule has 7 heteroatoms. The summed E-state index contributed by atoms with van der Waals surface area (Å²) >= 11 is 0. The summed E-state index contributed by atoms with van der Waals surface area (Å²) in [5, 5.41) is 9.21. The predicted octanol–water partition coefficient (Wildman–Crippen LogP) is 0.834. The molecule has 17 heavy (non-hydrogen) atoms. The van der Waals surface area contributed by atoms with Crippen LogP contribution in [0, 0.1) is 17.1 Å². The van der Waals surface area contributed by atoms with Gasteiger partial charge in [0.2, 0.25) is 5.91 Å². The molecule has 0 saturated carbocycles. The maximum Gasteiger partial charge on any atom is 0.244 e. The third-order valence-corrected chi connectivity index (χ3v) is 4.56. The number of hydrogen-bond donors (Lipinski definition) is 1. The first kappa shape index (κ1) is 11.5. The summed E-state index contributed by atoms with van der Waals surface area (Å²) in [6.45, 7) is 0. The van der Waals surface area contributed by atoms with E-state index < -0.39 is 33.2 Å². The molecule has 1 aliphatic heterocycles. The Kier molecular flexibility index (Phi) is 2.59. The minimum atomic E-state index is -3.99. The van der Waals surface area contributed by atoms with Crippen molar-refractivity contribution in [2.45, 2.75) is 16.6 Å². The van der Waals surface area contributed by atoms with E-state index in [1.54, 1.807) is 6.07 Å². The Balaban J connectivity index is 2.67. The molecule has 1 N–H and O–H groups in total. The Hall–Kier alpha value is -1.94. The summed E-state index contributed by atoms with van der Waals surface area (Å²) < 4.78 is 37.3. The highest BCUT2D eigenvalue weighted by Crippen LogP contribution is 2.33. The number of nitrogens with zero attached hydrogens (tertiary/aromatic N) is 1. The molecular weight excluding hydrogens is 247 g/mol. The van der Waals surface area contributed by atoms with Crippen LogP contribution in [0.1, 0.15) is 6.42 Å². The molecule has 0 aromatic heterocycles. The quantitative estimate of drug-likeness (QED) is 0.804. The van der Waals surface area contributed by atoms with Gasteiger partial charge in [0.05, 0.1) is 23.1 Å². The molecule has 1 atom stereocenters. The van der Waals surface area contributed by atoms with Crippen LogP contribution in [0.25, 0.3) is 0 Å². The molecule has 0 fully saturated rings. The first-order valence-corrected chi connectivity index (χ1v) is 6.23. The SMILES string of the molecule is N#CCC1C(=O)Nc2c(F)cccc2S1(=O)=O. The van der Waals surface area contributed by atoms with Crippen LogP contribution >= 0.6 is 0 Å². The molecule has 1 amide bonds. The third-order valence-electron chi connectivity index (χ3n) is 2.47. The number of nitrogens with one attached hydrogen (secondary N) is 1. The molecular formula is C10H7FN2O3S. The zero-order valence-corrected chi connectivity index (χ0v) is 9.29. The molecule has 0 aliphatic carbocycles. The van der Waals surface area contributed by atoms with Gasteiger partial charge in [-0.25, -0.2) is 12.8 Å². The Morgan fingerprint density at radius 1 is 1.47 bits per heavy atom. The molecule has 0 saturated heterocycles. The van der Waals surface area contributed by atoms with Crippen molar-refractivity contribution in [2.24, 2.45) is 0 Å². The summed E-state index contributed by atoms with van der Waals surface area (Å²) in [4.78, 5) is 11.2.